The van der Waals surface area contributed by atoms with Crippen LogP contribution in [0.25, 0.3) is 0 Å². The second-order valence-corrected chi connectivity index (χ2v) is 7.37. The number of nitrogens with zero attached hydrogens (tertiary/aromatic N) is 2. The lowest BCUT2D eigenvalue weighted by atomic mass is 10.1. The lowest BCUT2D eigenvalue weighted by Crippen LogP contribution is -2.37. The molecule has 0 amide bonds. The maximum absolute atomic E-state index is 12.1. The van der Waals surface area contributed by atoms with Gasteiger partial charge in [0.15, 0.2) is 18.6 Å². The quantitative estimate of drug-likeness (QED) is 0.272. The van der Waals surface area contributed by atoms with Gasteiger partial charge < -0.3 is 30.2 Å². The van der Waals surface area contributed by atoms with Gasteiger partial charge in [-0.25, -0.2) is 4.79 Å². The van der Waals surface area contributed by atoms with Crippen LogP contribution in [0.1, 0.15) is 22.1 Å². The fourth-order valence-electron chi connectivity index (χ4n) is 3.30. The van der Waals surface area contributed by atoms with Gasteiger partial charge in [-0.3, -0.25) is 9.36 Å². The van der Waals surface area contributed by atoms with E-state index >= 15 is 0 Å². The van der Waals surface area contributed by atoms with Crippen LogP contribution in [0, 0.1) is 0 Å². The van der Waals surface area contributed by atoms with Gasteiger partial charge in [0.2, 0.25) is 0 Å². The van der Waals surface area contributed by atoms with E-state index in [1.165, 1.54) is 31.5 Å². The number of anilines is 1. The maximum Gasteiger partial charge on any atom is 0.695 e. The zero-order valence-corrected chi connectivity index (χ0v) is 17.6. The van der Waals surface area contributed by atoms with E-state index in [2.05, 4.69) is 4.98 Å². The number of aliphatic hydroxyl groups excluding tert-OH is 2. The normalized spacial score (nSPS) is 23.1. The van der Waals surface area contributed by atoms with Crippen molar-refractivity contribution in [1.29, 1.82) is 0 Å². The van der Waals surface area contributed by atoms with Crippen LogP contribution >= 0.6 is 8.25 Å². The monoisotopic (exact) mass is 470 g/mol. The number of carbonyl (C=O) groups is 1. The molecule has 32 heavy (non-hydrogen) atoms. The zero-order valence-electron chi connectivity index (χ0n) is 16.7. The fraction of sp³-hybridized carbons (Fsp3) is 0.389. The molecule has 1 unspecified atom stereocenters. The summed E-state index contributed by atoms with van der Waals surface area (Å²) in [5.74, 6) is 0.348. The van der Waals surface area contributed by atoms with Crippen molar-refractivity contribution in [2.24, 2.45) is 0 Å². The first-order valence-electron chi connectivity index (χ1n) is 9.19. The molecule has 3 rings (SSSR count). The average molecular weight is 470 g/mol. The van der Waals surface area contributed by atoms with Gasteiger partial charge in [-0.1, -0.05) is 0 Å². The Kier molecular flexibility index (Phi) is 7.51. The van der Waals surface area contributed by atoms with Gasteiger partial charge >= 0.3 is 13.9 Å². The standard InChI is InChI=1S/C18H20N3O10P/c1-28-12-5-10(4-9(6-22)11(12)7-23)29-8-13-16(31-32(26)27)15(24)17(30-13)21-3-2-14(19)20-18(21)25/h2-6,13,15-17,23-24H,7-8H2,1H3,(H2-,19,20,25,26,27)/p+1/t13-,15-,16-,17-/m1/s1. The highest BCUT2D eigenvalue weighted by Crippen LogP contribution is 2.36. The Balaban J connectivity index is 1.85. The topological polar surface area (TPSA) is 193 Å². The number of ether oxygens (including phenoxy) is 3. The Morgan fingerprint density at radius 2 is 2.16 bits per heavy atom. The summed E-state index contributed by atoms with van der Waals surface area (Å²) in [4.78, 5) is 36.2. The minimum atomic E-state index is -3.12. The molecule has 0 radical (unpaired) electrons. The van der Waals surface area contributed by atoms with Crippen LogP contribution in [0.4, 0.5) is 5.82 Å². The van der Waals surface area contributed by atoms with Crippen molar-refractivity contribution in [3.8, 4) is 11.5 Å². The maximum atomic E-state index is 12.1. The van der Waals surface area contributed by atoms with E-state index in [1.807, 2.05) is 0 Å². The SMILES string of the molecule is COc1cc(OC[C@H]2O[C@@H](n3ccc(N)nc3=O)[C@H](O)[C@@H]2O[P+](=O)O)cc(C=O)c1CO. The summed E-state index contributed by atoms with van der Waals surface area (Å²) in [6, 6.07) is 4.11. The van der Waals surface area contributed by atoms with E-state index in [-0.39, 0.29) is 35.1 Å². The summed E-state index contributed by atoms with van der Waals surface area (Å²) in [7, 11) is -1.76. The van der Waals surface area contributed by atoms with Gasteiger partial charge in [-0.05, 0) is 12.1 Å². The lowest BCUT2D eigenvalue weighted by molar-refractivity contribution is -0.0511. The third-order valence-corrected chi connectivity index (χ3v) is 5.21. The number of rotatable bonds is 9. The minimum absolute atomic E-state index is 0.0314. The highest BCUT2D eigenvalue weighted by atomic mass is 31.1. The van der Waals surface area contributed by atoms with Crippen LogP contribution in [0.15, 0.2) is 29.2 Å². The number of methoxy groups -OCH3 is 1. The lowest BCUT2D eigenvalue weighted by Gasteiger charge is -2.17. The largest absolute Gasteiger partial charge is 0.695 e. The van der Waals surface area contributed by atoms with Crippen molar-refractivity contribution in [1.82, 2.24) is 9.55 Å². The van der Waals surface area contributed by atoms with Gasteiger partial charge in [-0.2, -0.15) is 4.98 Å². The van der Waals surface area contributed by atoms with E-state index in [0.717, 1.165) is 4.57 Å². The van der Waals surface area contributed by atoms with Crippen molar-refractivity contribution in [2.45, 2.75) is 31.1 Å². The van der Waals surface area contributed by atoms with Crippen molar-refractivity contribution < 1.29 is 43.2 Å². The predicted octanol–water partition coefficient (Wildman–Crippen LogP) is -0.489. The molecule has 5 N–H and O–H groups in total. The first-order chi connectivity index (χ1) is 15.3. The molecule has 5 atom stereocenters. The number of nitrogens with two attached hydrogens (primary N) is 1. The van der Waals surface area contributed by atoms with E-state index < -0.39 is 45.1 Å². The Morgan fingerprint density at radius 1 is 1.41 bits per heavy atom. The molecular formula is C18H21N3O10P+. The molecule has 1 aromatic carbocycles. The van der Waals surface area contributed by atoms with Gasteiger partial charge in [0.25, 0.3) is 0 Å². The molecule has 2 aromatic rings. The highest BCUT2D eigenvalue weighted by molar-refractivity contribution is 7.32. The predicted molar refractivity (Wildman–Crippen MR) is 107 cm³/mol. The molecule has 172 valence electrons. The first kappa shape index (κ1) is 23.7. The van der Waals surface area contributed by atoms with Crippen molar-refractivity contribution >= 4 is 20.4 Å². The number of aliphatic hydroxyl groups is 2. The molecule has 1 aromatic heterocycles. The number of nitrogen functional groups attached to an aromatic ring is 1. The molecule has 1 aliphatic heterocycles. The molecule has 0 spiro atoms. The third-order valence-electron chi connectivity index (χ3n) is 4.78. The molecule has 0 bridgehead atoms. The number of hydrogen-bond acceptors (Lipinski definition) is 11. The Bertz CT molecular complexity index is 1060. The van der Waals surface area contributed by atoms with Crippen LogP contribution in [0.2, 0.25) is 0 Å². The molecule has 1 saturated heterocycles. The summed E-state index contributed by atoms with van der Waals surface area (Å²) in [5, 5.41) is 20.0. The van der Waals surface area contributed by atoms with E-state index in [0.29, 0.717) is 6.29 Å². The van der Waals surface area contributed by atoms with Crippen molar-refractivity contribution in [3.63, 3.8) is 0 Å². The first-order valence-corrected chi connectivity index (χ1v) is 10.3. The van der Waals surface area contributed by atoms with Crippen LogP contribution in [0.3, 0.4) is 0 Å². The van der Waals surface area contributed by atoms with Crippen LogP contribution in [-0.4, -0.2) is 63.0 Å². The summed E-state index contributed by atoms with van der Waals surface area (Å²) in [5.41, 5.74) is 5.07. The molecule has 0 saturated carbocycles. The van der Waals surface area contributed by atoms with Gasteiger partial charge in [0.1, 0.15) is 36.1 Å². The van der Waals surface area contributed by atoms with E-state index in [1.54, 1.807) is 0 Å². The number of benzene rings is 1. The summed E-state index contributed by atoms with van der Waals surface area (Å²) in [6.07, 6.45) is -3.45. The number of aldehydes is 1. The summed E-state index contributed by atoms with van der Waals surface area (Å²) < 4.78 is 33.6. The third kappa shape index (κ3) is 4.93. The second kappa shape index (κ2) is 10.1. The van der Waals surface area contributed by atoms with Gasteiger partial charge in [0.05, 0.1) is 13.7 Å². The second-order valence-electron chi connectivity index (χ2n) is 6.69. The molecule has 1 fully saturated rings. The Labute approximate surface area is 181 Å². The summed E-state index contributed by atoms with van der Waals surface area (Å²) >= 11 is 0. The molecule has 2 heterocycles. The van der Waals surface area contributed by atoms with Crippen LogP contribution < -0.4 is 20.9 Å². The molecular weight excluding hydrogens is 449 g/mol. The van der Waals surface area contributed by atoms with E-state index in [4.69, 9.17) is 24.5 Å². The Morgan fingerprint density at radius 3 is 2.75 bits per heavy atom. The Hall–Kier alpha value is -2.93. The summed E-state index contributed by atoms with van der Waals surface area (Å²) in [6.45, 7) is -0.723. The van der Waals surface area contributed by atoms with Gasteiger partial charge in [-0.15, -0.1) is 9.42 Å². The highest BCUT2D eigenvalue weighted by Gasteiger charge is 2.50. The zero-order chi connectivity index (χ0) is 23.4. The fourth-order valence-corrected chi connectivity index (χ4v) is 3.76. The number of carbonyl (C=O) groups excluding carboxylic acids is 1. The van der Waals surface area contributed by atoms with Crippen molar-refractivity contribution in [3.05, 3.63) is 46.0 Å². The molecule has 0 aliphatic carbocycles. The molecule has 14 heteroatoms. The van der Waals surface area contributed by atoms with Crippen molar-refractivity contribution in [2.75, 3.05) is 19.5 Å². The molecule has 1 aliphatic rings. The average Bonchev–Trinajstić information content (AvgIpc) is 3.06. The van der Waals surface area contributed by atoms with E-state index in [9.17, 15) is 29.3 Å². The number of hydrogen-bond donors (Lipinski definition) is 4. The smallest absolute Gasteiger partial charge is 0.496 e. The van der Waals surface area contributed by atoms with Gasteiger partial charge in [0, 0.05) is 28.0 Å². The van der Waals surface area contributed by atoms with Crippen LogP contribution in [0.5, 0.6) is 11.5 Å². The molecule has 13 nitrogen and oxygen atoms in total. The van der Waals surface area contributed by atoms with Crippen LogP contribution in [-0.2, 0) is 20.4 Å². The minimum Gasteiger partial charge on any atom is -0.496 e. The number of aromatic nitrogens is 2.